The lowest BCUT2D eigenvalue weighted by atomic mass is 9.99. The summed E-state index contributed by atoms with van der Waals surface area (Å²) in [4.78, 5) is 13.6. The molecule has 1 unspecified atom stereocenters. The summed E-state index contributed by atoms with van der Waals surface area (Å²) in [5.74, 6) is -2.18. The third-order valence-corrected chi connectivity index (χ3v) is 3.52. The Kier molecular flexibility index (Phi) is 4.95. The number of nitrogens with one attached hydrogen (secondary N) is 1. The van der Waals surface area contributed by atoms with Crippen molar-refractivity contribution >= 4 is 11.7 Å². The van der Waals surface area contributed by atoms with Gasteiger partial charge in [0.25, 0.3) is 0 Å². The van der Waals surface area contributed by atoms with Crippen molar-refractivity contribution in [1.82, 2.24) is 4.90 Å². The van der Waals surface area contributed by atoms with Gasteiger partial charge in [0.15, 0.2) is 17.4 Å². The topological polar surface area (TPSA) is 61.8 Å². The number of hydrogen-bond donors (Lipinski definition) is 2. The normalized spacial score (nSPS) is 18.5. The fourth-order valence-corrected chi connectivity index (χ4v) is 2.43. The number of methoxy groups -OCH3 is 1. The van der Waals surface area contributed by atoms with Gasteiger partial charge < -0.3 is 20.1 Å². The molecular formula is C14H18F2N2O3. The van der Waals surface area contributed by atoms with Crippen LogP contribution in [0.5, 0.6) is 5.75 Å². The number of piperidine rings is 1. The minimum absolute atomic E-state index is 0.0234. The number of aliphatic hydroxyl groups is 1. The predicted molar refractivity (Wildman–Crippen MR) is 73.3 cm³/mol. The lowest BCUT2D eigenvalue weighted by Gasteiger charge is -2.31. The van der Waals surface area contributed by atoms with Crippen LogP contribution in [-0.2, 0) is 0 Å². The smallest absolute Gasteiger partial charge is 0.321 e. The first kappa shape index (κ1) is 15.5. The second-order valence-corrected chi connectivity index (χ2v) is 5.04. The zero-order valence-electron chi connectivity index (χ0n) is 11.7. The SMILES string of the molecule is COc1c(F)cc(NC(=O)N2CCCC(CO)C2)cc1F. The first-order valence-electron chi connectivity index (χ1n) is 6.75. The van der Waals surface area contributed by atoms with Gasteiger partial charge in [-0.3, -0.25) is 0 Å². The highest BCUT2D eigenvalue weighted by Gasteiger charge is 2.23. The number of amides is 2. The number of halogens is 2. The molecule has 0 aliphatic carbocycles. The number of nitrogens with zero attached hydrogens (tertiary/aromatic N) is 1. The van der Waals surface area contributed by atoms with E-state index < -0.39 is 23.4 Å². The lowest BCUT2D eigenvalue weighted by molar-refractivity contribution is 0.136. The van der Waals surface area contributed by atoms with Crippen molar-refractivity contribution in [3.05, 3.63) is 23.8 Å². The number of urea groups is 1. The largest absolute Gasteiger partial charge is 0.491 e. The Morgan fingerprint density at radius 2 is 2.14 bits per heavy atom. The lowest BCUT2D eigenvalue weighted by Crippen LogP contribution is -2.43. The Morgan fingerprint density at radius 1 is 1.48 bits per heavy atom. The number of ether oxygens (including phenoxy) is 1. The molecule has 2 N–H and O–H groups in total. The molecule has 1 atom stereocenters. The Bertz CT molecular complexity index is 502. The van der Waals surface area contributed by atoms with Crippen LogP contribution in [0.25, 0.3) is 0 Å². The number of benzene rings is 1. The fourth-order valence-electron chi connectivity index (χ4n) is 2.43. The highest BCUT2D eigenvalue weighted by molar-refractivity contribution is 5.89. The molecule has 0 bridgehead atoms. The summed E-state index contributed by atoms with van der Waals surface area (Å²) < 4.78 is 31.7. The Hall–Kier alpha value is -1.89. The molecule has 2 rings (SSSR count). The molecule has 7 heteroatoms. The fraction of sp³-hybridized carbons (Fsp3) is 0.500. The van der Waals surface area contributed by atoms with E-state index in [2.05, 4.69) is 10.1 Å². The van der Waals surface area contributed by atoms with Crippen LogP contribution in [0.2, 0.25) is 0 Å². The minimum atomic E-state index is -0.875. The van der Waals surface area contributed by atoms with E-state index in [1.165, 1.54) is 12.0 Å². The third kappa shape index (κ3) is 3.60. The predicted octanol–water partition coefficient (Wildman–Crippen LogP) is 2.21. The first-order valence-corrected chi connectivity index (χ1v) is 6.75. The van der Waals surface area contributed by atoms with E-state index in [9.17, 15) is 13.6 Å². The summed E-state index contributed by atoms with van der Waals surface area (Å²) in [7, 11) is 1.17. The molecule has 0 radical (unpaired) electrons. The molecule has 5 nitrogen and oxygen atoms in total. The van der Waals surface area contributed by atoms with Gasteiger partial charge in [-0.2, -0.15) is 0 Å². The van der Waals surface area contributed by atoms with Gasteiger partial charge >= 0.3 is 6.03 Å². The average molecular weight is 300 g/mol. The maximum Gasteiger partial charge on any atom is 0.321 e. The second kappa shape index (κ2) is 6.71. The van der Waals surface area contributed by atoms with Crippen LogP contribution >= 0.6 is 0 Å². The van der Waals surface area contributed by atoms with E-state index in [4.69, 9.17) is 5.11 Å². The van der Waals surface area contributed by atoms with Crippen LogP contribution in [0.15, 0.2) is 12.1 Å². The van der Waals surface area contributed by atoms with Gasteiger partial charge in [-0.1, -0.05) is 0 Å². The first-order chi connectivity index (χ1) is 10.0. The van der Waals surface area contributed by atoms with E-state index in [0.717, 1.165) is 25.0 Å². The molecule has 1 aliphatic rings. The molecule has 0 saturated carbocycles. The van der Waals surface area contributed by atoms with Gasteiger partial charge in [0.1, 0.15) is 0 Å². The van der Waals surface area contributed by atoms with Crippen molar-refractivity contribution in [2.24, 2.45) is 5.92 Å². The zero-order valence-corrected chi connectivity index (χ0v) is 11.7. The summed E-state index contributed by atoms with van der Waals surface area (Å²) in [5.41, 5.74) is 0.0296. The van der Waals surface area contributed by atoms with Gasteiger partial charge in [-0.05, 0) is 18.8 Å². The maximum atomic E-state index is 13.6. The van der Waals surface area contributed by atoms with Gasteiger partial charge in [-0.25, -0.2) is 13.6 Å². The number of anilines is 1. The molecule has 0 aromatic heterocycles. The number of rotatable bonds is 3. The third-order valence-electron chi connectivity index (χ3n) is 3.52. The van der Waals surface area contributed by atoms with Crippen molar-refractivity contribution in [3.63, 3.8) is 0 Å². The van der Waals surface area contributed by atoms with E-state index in [1.807, 2.05) is 0 Å². The minimum Gasteiger partial charge on any atom is -0.491 e. The molecule has 21 heavy (non-hydrogen) atoms. The summed E-state index contributed by atoms with van der Waals surface area (Å²) in [5, 5.41) is 11.6. The number of hydrogen-bond acceptors (Lipinski definition) is 3. The van der Waals surface area contributed by atoms with E-state index in [1.54, 1.807) is 0 Å². The van der Waals surface area contributed by atoms with Crippen molar-refractivity contribution in [2.75, 3.05) is 32.1 Å². The van der Waals surface area contributed by atoms with E-state index in [0.29, 0.717) is 13.1 Å². The van der Waals surface area contributed by atoms with Gasteiger partial charge in [0, 0.05) is 37.5 Å². The molecule has 0 spiro atoms. The monoisotopic (exact) mass is 300 g/mol. The van der Waals surface area contributed by atoms with E-state index in [-0.39, 0.29) is 18.2 Å². The average Bonchev–Trinajstić information content (AvgIpc) is 2.47. The van der Waals surface area contributed by atoms with Crippen LogP contribution in [0.1, 0.15) is 12.8 Å². The van der Waals surface area contributed by atoms with Crippen LogP contribution < -0.4 is 10.1 Å². The molecule has 116 valence electrons. The van der Waals surface area contributed by atoms with Crippen LogP contribution in [0, 0.1) is 17.6 Å². The van der Waals surface area contributed by atoms with Crippen molar-refractivity contribution < 1.29 is 23.4 Å². The second-order valence-electron chi connectivity index (χ2n) is 5.04. The van der Waals surface area contributed by atoms with Crippen LogP contribution in [0.3, 0.4) is 0 Å². The number of carbonyl (C=O) groups excluding carboxylic acids is 1. The van der Waals surface area contributed by atoms with Crippen molar-refractivity contribution in [1.29, 1.82) is 0 Å². The van der Waals surface area contributed by atoms with Crippen LogP contribution in [-0.4, -0.2) is 42.8 Å². The molecule has 1 aromatic rings. The van der Waals surface area contributed by atoms with Crippen LogP contribution in [0.4, 0.5) is 19.3 Å². The number of carbonyl (C=O) groups is 1. The quantitative estimate of drug-likeness (QED) is 0.899. The number of aliphatic hydroxyl groups excluding tert-OH is 1. The van der Waals surface area contributed by atoms with E-state index >= 15 is 0 Å². The molecule has 1 aromatic carbocycles. The highest BCUT2D eigenvalue weighted by atomic mass is 19.1. The molecule has 1 heterocycles. The number of likely N-dealkylation sites (tertiary alicyclic amines) is 1. The summed E-state index contributed by atoms with van der Waals surface area (Å²) in [6, 6.07) is 1.58. The molecular weight excluding hydrogens is 282 g/mol. The highest BCUT2D eigenvalue weighted by Crippen LogP contribution is 2.26. The molecule has 1 saturated heterocycles. The molecule has 2 amide bonds. The Morgan fingerprint density at radius 3 is 2.71 bits per heavy atom. The van der Waals surface area contributed by atoms with Crippen molar-refractivity contribution in [3.8, 4) is 5.75 Å². The van der Waals surface area contributed by atoms with Gasteiger partial charge in [0.2, 0.25) is 0 Å². The van der Waals surface area contributed by atoms with Crippen molar-refractivity contribution in [2.45, 2.75) is 12.8 Å². The summed E-state index contributed by atoms with van der Waals surface area (Å²) >= 11 is 0. The summed E-state index contributed by atoms with van der Waals surface area (Å²) in [6.45, 7) is 1.02. The molecule has 1 fully saturated rings. The Labute approximate surface area is 121 Å². The molecule has 1 aliphatic heterocycles. The van der Waals surface area contributed by atoms with Gasteiger partial charge in [0.05, 0.1) is 7.11 Å². The zero-order chi connectivity index (χ0) is 15.4. The Balaban J connectivity index is 2.06. The van der Waals surface area contributed by atoms with Gasteiger partial charge in [-0.15, -0.1) is 0 Å². The standard InChI is InChI=1S/C14H18F2N2O3/c1-21-13-11(15)5-10(6-12(13)16)17-14(20)18-4-2-3-9(7-18)8-19/h5-6,9,19H,2-4,7-8H2,1H3,(H,17,20). The summed E-state index contributed by atoms with van der Waals surface area (Å²) in [6.07, 6.45) is 1.66. The maximum absolute atomic E-state index is 13.6.